The lowest BCUT2D eigenvalue weighted by atomic mass is 10.2. The summed E-state index contributed by atoms with van der Waals surface area (Å²) in [5, 5.41) is 40.5. The van der Waals surface area contributed by atoms with Gasteiger partial charge in [-0.25, -0.2) is 9.67 Å². The molecule has 2 saturated carbocycles. The Kier molecular flexibility index (Phi) is 6.76. The van der Waals surface area contributed by atoms with E-state index in [9.17, 15) is 19.8 Å². The Morgan fingerprint density at radius 1 is 1.22 bits per heavy atom. The summed E-state index contributed by atoms with van der Waals surface area (Å²) in [6.07, 6.45) is 4.63. The van der Waals surface area contributed by atoms with E-state index in [2.05, 4.69) is 30.7 Å². The number of nitrogens with zero attached hydrogens (tertiary/aromatic N) is 6. The highest BCUT2D eigenvalue weighted by Gasteiger charge is 2.44. The molecule has 2 aliphatic rings. The Bertz CT molecular complexity index is 1310. The summed E-state index contributed by atoms with van der Waals surface area (Å²) in [4.78, 5) is 37.0. The van der Waals surface area contributed by atoms with Gasteiger partial charge < -0.3 is 41.0 Å². The molecule has 198 valence electrons. The standard InChI is InChI=1S/C22H29N9O6/c1-37-14-4-2-3-11(14)27-20-16-21(29-22(28-20)31-7-10(6-25-31)19(23)36)30(9-24-16)13-5-12(17(34)18(13)35)26-15(33)8-32/h6-7,9,11-14,17-18,32,34-35H,2-5,8H2,1H3,(H2,23,36)(H,26,33)(H,27,28,29)/t11-,12-,13+,14-,17+,18-/m0/s1. The van der Waals surface area contributed by atoms with E-state index in [-0.39, 0.29) is 30.1 Å². The van der Waals surface area contributed by atoms with Crippen molar-refractivity contribution in [2.24, 2.45) is 5.73 Å². The summed E-state index contributed by atoms with van der Waals surface area (Å²) in [6.45, 7) is -0.732. The second kappa shape index (κ2) is 10.0. The Labute approximate surface area is 210 Å². The molecular weight excluding hydrogens is 486 g/mol. The maximum absolute atomic E-state index is 11.7. The monoisotopic (exact) mass is 515 g/mol. The van der Waals surface area contributed by atoms with Gasteiger partial charge in [-0.1, -0.05) is 0 Å². The lowest BCUT2D eigenvalue weighted by molar-refractivity contribution is -0.125. The predicted octanol–water partition coefficient (Wildman–Crippen LogP) is -1.77. The second-order valence-electron chi connectivity index (χ2n) is 9.31. The van der Waals surface area contributed by atoms with Crippen molar-refractivity contribution >= 4 is 28.8 Å². The minimum absolute atomic E-state index is 0.00980. The second-order valence-corrected chi connectivity index (χ2v) is 9.31. The van der Waals surface area contributed by atoms with Crippen LogP contribution in [0.2, 0.25) is 0 Å². The summed E-state index contributed by atoms with van der Waals surface area (Å²) in [6, 6.07) is -1.48. The summed E-state index contributed by atoms with van der Waals surface area (Å²) >= 11 is 0. The first-order chi connectivity index (χ1) is 17.8. The van der Waals surface area contributed by atoms with Gasteiger partial charge in [0.1, 0.15) is 18.8 Å². The van der Waals surface area contributed by atoms with E-state index >= 15 is 0 Å². The molecule has 5 rings (SSSR count). The molecule has 0 unspecified atom stereocenters. The molecule has 0 saturated heterocycles. The molecule has 3 aromatic rings. The third-order valence-electron chi connectivity index (χ3n) is 7.06. The number of carbonyl (C=O) groups is 2. The molecule has 2 aliphatic carbocycles. The average molecular weight is 516 g/mol. The maximum Gasteiger partial charge on any atom is 0.254 e. The number of nitrogens with two attached hydrogens (primary N) is 1. The zero-order valence-corrected chi connectivity index (χ0v) is 20.1. The van der Waals surface area contributed by atoms with Gasteiger partial charge in [0, 0.05) is 13.3 Å². The normalized spacial score (nSPS) is 27.6. The van der Waals surface area contributed by atoms with Gasteiger partial charge in [-0.2, -0.15) is 15.1 Å². The average Bonchev–Trinajstić information content (AvgIpc) is 3.68. The van der Waals surface area contributed by atoms with E-state index in [1.165, 1.54) is 23.4 Å². The number of aliphatic hydroxyl groups is 3. The molecule has 15 heteroatoms. The molecule has 0 aliphatic heterocycles. The molecule has 0 radical (unpaired) electrons. The van der Waals surface area contributed by atoms with Crippen molar-refractivity contribution in [2.45, 2.75) is 62.1 Å². The van der Waals surface area contributed by atoms with Gasteiger partial charge in [0.05, 0.1) is 42.3 Å². The van der Waals surface area contributed by atoms with Gasteiger partial charge in [0.2, 0.25) is 5.91 Å². The molecule has 3 aromatic heterocycles. The number of hydrogen-bond acceptors (Lipinski definition) is 11. The summed E-state index contributed by atoms with van der Waals surface area (Å²) in [7, 11) is 1.66. The summed E-state index contributed by atoms with van der Waals surface area (Å²) in [5.41, 5.74) is 6.33. The molecule has 7 N–H and O–H groups in total. The number of hydrogen-bond donors (Lipinski definition) is 6. The zero-order chi connectivity index (χ0) is 26.3. The van der Waals surface area contributed by atoms with Crippen LogP contribution in [0.4, 0.5) is 5.82 Å². The molecule has 37 heavy (non-hydrogen) atoms. The van der Waals surface area contributed by atoms with Crippen molar-refractivity contribution < 1.29 is 29.6 Å². The highest BCUT2D eigenvalue weighted by Crippen LogP contribution is 2.35. The van der Waals surface area contributed by atoms with E-state index in [0.717, 1.165) is 19.3 Å². The third kappa shape index (κ3) is 4.61. The third-order valence-corrected chi connectivity index (χ3v) is 7.06. The van der Waals surface area contributed by atoms with E-state index in [1.807, 2.05) is 0 Å². The van der Waals surface area contributed by atoms with Crippen molar-refractivity contribution in [2.75, 3.05) is 19.0 Å². The summed E-state index contributed by atoms with van der Waals surface area (Å²) in [5.74, 6) is -0.753. The van der Waals surface area contributed by atoms with E-state index in [1.54, 1.807) is 11.7 Å². The first-order valence-electron chi connectivity index (χ1n) is 12.0. The molecule has 2 fully saturated rings. The number of fused-ring (bicyclic) bond motifs is 1. The van der Waals surface area contributed by atoms with Gasteiger partial charge in [0.15, 0.2) is 17.0 Å². The first-order valence-corrected chi connectivity index (χ1v) is 12.0. The molecule has 2 amide bonds. The van der Waals surface area contributed by atoms with Crippen LogP contribution >= 0.6 is 0 Å². The van der Waals surface area contributed by atoms with Crippen LogP contribution in [0, 0.1) is 0 Å². The number of anilines is 1. The number of primary amides is 1. The van der Waals surface area contributed by atoms with Gasteiger partial charge in [-0.15, -0.1) is 0 Å². The van der Waals surface area contributed by atoms with Crippen molar-refractivity contribution in [1.82, 2.24) is 34.6 Å². The number of imidazole rings is 1. The molecular formula is C22H29N9O6. The number of carbonyl (C=O) groups excluding carboxylic acids is 2. The zero-order valence-electron chi connectivity index (χ0n) is 20.1. The molecule has 3 heterocycles. The van der Waals surface area contributed by atoms with Gasteiger partial charge in [0.25, 0.3) is 11.9 Å². The number of ether oxygens (including phenoxy) is 1. The highest BCUT2D eigenvalue weighted by molar-refractivity contribution is 5.92. The Balaban J connectivity index is 1.56. The van der Waals surface area contributed by atoms with E-state index in [0.29, 0.717) is 17.0 Å². The van der Waals surface area contributed by atoms with E-state index < -0.39 is 42.7 Å². The van der Waals surface area contributed by atoms with Crippen LogP contribution in [0.25, 0.3) is 17.1 Å². The Morgan fingerprint density at radius 3 is 2.73 bits per heavy atom. The fourth-order valence-corrected chi connectivity index (χ4v) is 5.14. The maximum atomic E-state index is 11.7. The van der Waals surface area contributed by atoms with Crippen LogP contribution < -0.4 is 16.4 Å². The van der Waals surface area contributed by atoms with Crippen LogP contribution in [0.1, 0.15) is 42.1 Å². The SMILES string of the molecule is CO[C@H]1CCC[C@@H]1Nc1nc(-n2cc(C(N)=O)cn2)nc2c1ncn2[C@@H]1C[C@H](NC(=O)CO)[C@@H](O)[C@H]1O. The number of aliphatic hydroxyl groups excluding tert-OH is 3. The summed E-state index contributed by atoms with van der Waals surface area (Å²) < 4.78 is 8.53. The minimum Gasteiger partial charge on any atom is -0.388 e. The largest absolute Gasteiger partial charge is 0.388 e. The molecule has 6 atom stereocenters. The van der Waals surface area contributed by atoms with Gasteiger partial charge >= 0.3 is 0 Å². The van der Waals surface area contributed by atoms with Crippen molar-refractivity contribution in [3.8, 4) is 5.95 Å². The fourth-order valence-electron chi connectivity index (χ4n) is 5.14. The van der Waals surface area contributed by atoms with Crippen molar-refractivity contribution in [1.29, 1.82) is 0 Å². The van der Waals surface area contributed by atoms with Crippen LogP contribution in [-0.2, 0) is 9.53 Å². The van der Waals surface area contributed by atoms with Crippen molar-refractivity contribution in [3.63, 3.8) is 0 Å². The number of nitrogens with one attached hydrogen (secondary N) is 2. The fraction of sp³-hybridized carbons (Fsp3) is 0.545. The molecule has 0 bridgehead atoms. The van der Waals surface area contributed by atoms with Crippen LogP contribution in [0.15, 0.2) is 18.7 Å². The topological polar surface area (TPSA) is 216 Å². The number of rotatable bonds is 8. The van der Waals surface area contributed by atoms with Crippen LogP contribution in [0.3, 0.4) is 0 Å². The predicted molar refractivity (Wildman–Crippen MR) is 128 cm³/mol. The molecule has 15 nitrogen and oxygen atoms in total. The van der Waals surface area contributed by atoms with Crippen LogP contribution in [-0.4, -0.2) is 101 Å². The van der Waals surface area contributed by atoms with Crippen LogP contribution in [0.5, 0.6) is 0 Å². The number of aromatic nitrogens is 6. The number of amides is 2. The lowest BCUT2D eigenvalue weighted by Crippen LogP contribution is -2.44. The Hall–Kier alpha value is -3.66. The quantitative estimate of drug-likeness (QED) is 0.197. The lowest BCUT2D eigenvalue weighted by Gasteiger charge is -2.21. The molecule has 0 aromatic carbocycles. The minimum atomic E-state index is -1.26. The molecule has 0 spiro atoms. The number of methoxy groups -OCH3 is 1. The van der Waals surface area contributed by atoms with E-state index in [4.69, 9.17) is 15.6 Å². The highest BCUT2D eigenvalue weighted by atomic mass is 16.5. The Morgan fingerprint density at radius 2 is 2.03 bits per heavy atom. The first kappa shape index (κ1) is 25.0. The van der Waals surface area contributed by atoms with Crippen molar-refractivity contribution in [3.05, 3.63) is 24.3 Å². The van der Waals surface area contributed by atoms with Gasteiger partial charge in [-0.05, 0) is 25.7 Å². The smallest absolute Gasteiger partial charge is 0.254 e. The van der Waals surface area contributed by atoms with Gasteiger partial charge in [-0.3, -0.25) is 9.59 Å².